The first-order valence-corrected chi connectivity index (χ1v) is 6.85. The highest BCUT2D eigenvalue weighted by atomic mass is 79.9. The summed E-state index contributed by atoms with van der Waals surface area (Å²) in [5.74, 6) is -0.489. The zero-order valence-electron chi connectivity index (χ0n) is 8.53. The number of hydrogen-bond donors (Lipinski definition) is 0. The Morgan fingerprint density at radius 1 is 1.31 bits per heavy atom. The molecule has 1 aromatic carbocycles. The van der Waals surface area contributed by atoms with E-state index in [9.17, 15) is 13.2 Å². The normalized spacial score (nSPS) is 12.2. The molecule has 0 fully saturated rings. The lowest BCUT2D eigenvalue weighted by molar-refractivity contribution is 0.220. The summed E-state index contributed by atoms with van der Waals surface area (Å²) in [6.45, 7) is 3.82. The van der Waals surface area contributed by atoms with E-state index in [-0.39, 0.29) is 22.6 Å². The molecule has 0 amide bonds. The van der Waals surface area contributed by atoms with E-state index in [4.69, 9.17) is 0 Å². The minimum absolute atomic E-state index is 0.0914. The largest absolute Gasteiger partial charge is 0.353 e. The van der Waals surface area contributed by atoms with E-state index in [2.05, 4.69) is 31.9 Å². The summed E-state index contributed by atoms with van der Waals surface area (Å²) in [5, 5.41) is 0. The van der Waals surface area contributed by atoms with Crippen LogP contribution < -0.4 is 0 Å². The fourth-order valence-electron chi connectivity index (χ4n) is 1.13. The molecule has 90 valence electrons. The molecule has 0 nitrogen and oxygen atoms in total. The highest BCUT2D eigenvalue weighted by Crippen LogP contribution is 2.45. The quantitative estimate of drug-likeness (QED) is 0.477. The second-order valence-corrected chi connectivity index (χ2v) is 7.02. The van der Waals surface area contributed by atoms with Crippen LogP contribution in [0.2, 0.25) is 0 Å². The van der Waals surface area contributed by atoms with Gasteiger partial charge in [0, 0.05) is 20.4 Å². The van der Waals surface area contributed by atoms with Crippen LogP contribution in [-0.4, -0.2) is 4.16 Å². The smallest absolute Gasteiger partial charge is 0.206 e. The predicted molar refractivity (Wildman–Crippen MR) is 67.9 cm³/mol. The minimum Gasteiger partial charge on any atom is -0.206 e. The molecule has 1 rings (SSSR count). The lowest BCUT2D eigenvalue weighted by Crippen LogP contribution is -2.00. The molecule has 0 bridgehead atoms. The molecule has 0 saturated heterocycles. The van der Waals surface area contributed by atoms with Gasteiger partial charge in [0.1, 0.15) is 5.82 Å². The topological polar surface area (TPSA) is 0 Å². The molecule has 0 aliphatic heterocycles. The summed E-state index contributed by atoms with van der Waals surface area (Å²) >= 11 is 5.41. The lowest BCUT2D eigenvalue weighted by atomic mass is 10.0. The molecular formula is C10H9Br2F3S. The summed E-state index contributed by atoms with van der Waals surface area (Å²) in [5.41, 5.74) is 0.770. The third-order valence-electron chi connectivity index (χ3n) is 1.91. The average Bonchev–Trinajstić information content (AvgIpc) is 2.09. The summed E-state index contributed by atoms with van der Waals surface area (Å²) in [6.07, 6.45) is 0. The van der Waals surface area contributed by atoms with Gasteiger partial charge in [0.05, 0.1) is 4.90 Å². The summed E-state index contributed by atoms with van der Waals surface area (Å²) in [4.78, 5) is -0.0914. The van der Waals surface area contributed by atoms with Crippen molar-refractivity contribution in [1.82, 2.24) is 0 Å². The van der Waals surface area contributed by atoms with Gasteiger partial charge in [-0.1, -0.05) is 13.8 Å². The third kappa shape index (κ3) is 3.96. The molecule has 0 N–H and O–H groups in total. The fourth-order valence-corrected chi connectivity index (χ4v) is 2.85. The Bertz CT molecular complexity index is 365. The Kier molecular flexibility index (Phi) is 4.77. The average molecular weight is 378 g/mol. The number of benzene rings is 1. The Labute approximate surface area is 113 Å². The Balaban J connectivity index is 3.13. The molecule has 1 aromatic rings. The van der Waals surface area contributed by atoms with Gasteiger partial charge in [0.15, 0.2) is 0 Å². The van der Waals surface area contributed by atoms with Crippen molar-refractivity contribution < 1.29 is 13.2 Å². The van der Waals surface area contributed by atoms with Gasteiger partial charge < -0.3 is 0 Å². The Hall–Kier alpha value is 0.320. The van der Waals surface area contributed by atoms with Crippen molar-refractivity contribution in [2.45, 2.75) is 28.8 Å². The maximum absolute atomic E-state index is 13.6. The van der Waals surface area contributed by atoms with Crippen LogP contribution in [0.5, 0.6) is 0 Å². The van der Waals surface area contributed by atoms with E-state index < -0.39 is 9.98 Å². The van der Waals surface area contributed by atoms with Crippen molar-refractivity contribution in [2.24, 2.45) is 0 Å². The van der Waals surface area contributed by atoms with Gasteiger partial charge in [-0.3, -0.25) is 0 Å². The number of halogens is 5. The summed E-state index contributed by atoms with van der Waals surface area (Å²) in [6, 6.07) is 2.95. The van der Waals surface area contributed by atoms with Crippen molar-refractivity contribution in [3.8, 4) is 0 Å². The van der Waals surface area contributed by atoms with Gasteiger partial charge in [-0.25, -0.2) is 4.39 Å². The standard InChI is InChI=1S/C10H9Br2F3S/c1-5(2)6-3-7(11)9(8(13)4-6)16-10(12,14)15/h3-5H,1-2H3. The van der Waals surface area contributed by atoms with Gasteiger partial charge in [-0.05, 0) is 51.3 Å². The molecule has 0 spiro atoms. The van der Waals surface area contributed by atoms with Crippen molar-refractivity contribution in [3.63, 3.8) is 0 Å². The van der Waals surface area contributed by atoms with Crippen LogP contribution in [0.1, 0.15) is 25.3 Å². The molecule has 0 aliphatic rings. The van der Waals surface area contributed by atoms with Gasteiger partial charge in [0.25, 0.3) is 0 Å². The van der Waals surface area contributed by atoms with Gasteiger partial charge in [-0.15, -0.1) is 0 Å². The molecule has 16 heavy (non-hydrogen) atoms. The van der Waals surface area contributed by atoms with Crippen LogP contribution in [0.4, 0.5) is 13.2 Å². The Morgan fingerprint density at radius 3 is 2.25 bits per heavy atom. The van der Waals surface area contributed by atoms with E-state index in [1.807, 2.05) is 13.8 Å². The first kappa shape index (κ1) is 14.4. The van der Waals surface area contributed by atoms with Crippen LogP contribution in [-0.2, 0) is 0 Å². The minimum atomic E-state index is -3.17. The fraction of sp³-hybridized carbons (Fsp3) is 0.400. The molecule has 0 atom stereocenters. The van der Waals surface area contributed by atoms with Crippen LogP contribution in [0.15, 0.2) is 21.5 Å². The van der Waals surface area contributed by atoms with E-state index >= 15 is 0 Å². The van der Waals surface area contributed by atoms with Gasteiger partial charge in [-0.2, -0.15) is 8.78 Å². The van der Waals surface area contributed by atoms with Crippen molar-refractivity contribution >= 4 is 43.6 Å². The summed E-state index contributed by atoms with van der Waals surface area (Å²) in [7, 11) is 0. The molecule has 6 heteroatoms. The highest BCUT2D eigenvalue weighted by Gasteiger charge is 2.29. The van der Waals surface area contributed by atoms with Crippen LogP contribution >= 0.6 is 43.6 Å². The number of alkyl halides is 3. The van der Waals surface area contributed by atoms with Gasteiger partial charge >= 0.3 is 4.16 Å². The molecule has 0 radical (unpaired) electrons. The molecule has 0 saturated carbocycles. The molecule has 0 unspecified atom stereocenters. The molecule has 0 aliphatic carbocycles. The third-order valence-corrected chi connectivity index (χ3v) is 4.13. The number of hydrogen-bond acceptors (Lipinski definition) is 1. The maximum atomic E-state index is 13.6. The second kappa shape index (κ2) is 5.31. The van der Waals surface area contributed by atoms with Crippen LogP contribution in [0.3, 0.4) is 0 Å². The SMILES string of the molecule is CC(C)c1cc(F)c(SC(F)(F)Br)c(Br)c1. The van der Waals surface area contributed by atoms with E-state index in [1.165, 1.54) is 6.07 Å². The summed E-state index contributed by atoms with van der Waals surface area (Å²) < 4.78 is 36.2. The monoisotopic (exact) mass is 376 g/mol. The first-order chi connectivity index (χ1) is 7.20. The van der Waals surface area contributed by atoms with Crippen molar-refractivity contribution in [1.29, 1.82) is 0 Å². The van der Waals surface area contributed by atoms with E-state index in [0.29, 0.717) is 4.47 Å². The zero-order chi connectivity index (χ0) is 12.5. The molecular weight excluding hydrogens is 369 g/mol. The zero-order valence-corrected chi connectivity index (χ0v) is 12.5. The number of thioether (sulfide) groups is 1. The van der Waals surface area contributed by atoms with Crippen molar-refractivity contribution in [2.75, 3.05) is 0 Å². The van der Waals surface area contributed by atoms with Crippen molar-refractivity contribution in [3.05, 3.63) is 28.0 Å². The van der Waals surface area contributed by atoms with E-state index in [1.54, 1.807) is 6.07 Å². The predicted octanol–water partition coefficient (Wildman–Crippen LogP) is 5.75. The second-order valence-electron chi connectivity index (χ2n) is 3.52. The molecule has 0 heterocycles. The number of rotatable bonds is 3. The maximum Gasteiger partial charge on any atom is 0.353 e. The van der Waals surface area contributed by atoms with Gasteiger partial charge in [0.2, 0.25) is 0 Å². The lowest BCUT2D eigenvalue weighted by Gasteiger charge is -2.13. The first-order valence-electron chi connectivity index (χ1n) is 4.45. The highest BCUT2D eigenvalue weighted by molar-refractivity contribution is 9.11. The van der Waals surface area contributed by atoms with Crippen LogP contribution in [0, 0.1) is 5.82 Å². The Morgan fingerprint density at radius 2 is 1.88 bits per heavy atom. The molecule has 0 aromatic heterocycles. The van der Waals surface area contributed by atoms with Crippen LogP contribution in [0.25, 0.3) is 0 Å². The van der Waals surface area contributed by atoms with E-state index in [0.717, 1.165) is 5.56 Å².